The molecule has 4 rings (SSSR count). The fraction of sp³-hybridized carbons (Fsp3) is 0.323. The third kappa shape index (κ3) is 7.05. The maximum absolute atomic E-state index is 13.0. The number of fused-ring (bicyclic) bond motifs is 1. The molecule has 11 heteroatoms. The van der Waals surface area contributed by atoms with Gasteiger partial charge in [0, 0.05) is 41.2 Å². The third-order valence-electron chi connectivity index (χ3n) is 6.94. The summed E-state index contributed by atoms with van der Waals surface area (Å²) in [5.41, 5.74) is 1.78. The van der Waals surface area contributed by atoms with Crippen LogP contribution in [0.15, 0.2) is 67.4 Å². The maximum atomic E-state index is 13.0. The number of anilines is 1. The van der Waals surface area contributed by atoms with Crippen molar-refractivity contribution in [2.75, 3.05) is 11.9 Å². The maximum Gasteiger partial charge on any atom is 0.271 e. The van der Waals surface area contributed by atoms with Crippen LogP contribution in [0, 0.1) is 11.3 Å². The summed E-state index contributed by atoms with van der Waals surface area (Å²) in [6.07, 6.45) is 8.20. The van der Waals surface area contributed by atoms with Crippen LogP contribution in [-0.4, -0.2) is 48.3 Å². The second kappa shape index (κ2) is 12.6. The fourth-order valence-corrected chi connectivity index (χ4v) is 4.78. The monoisotopic (exact) mass is 587 g/mol. The predicted octanol–water partition coefficient (Wildman–Crippen LogP) is 5.77. The molecule has 0 atom stereocenters. The van der Waals surface area contributed by atoms with Crippen LogP contribution in [-0.2, 0) is 0 Å². The topological polar surface area (TPSA) is 137 Å². The van der Waals surface area contributed by atoms with Crippen molar-refractivity contribution in [3.63, 3.8) is 0 Å². The summed E-state index contributed by atoms with van der Waals surface area (Å²) in [4.78, 5) is 21.7. The van der Waals surface area contributed by atoms with Gasteiger partial charge in [-0.1, -0.05) is 32.0 Å². The van der Waals surface area contributed by atoms with Gasteiger partial charge in [0.15, 0.2) is 0 Å². The number of nitriles is 1. The van der Waals surface area contributed by atoms with Gasteiger partial charge in [-0.25, -0.2) is 14.5 Å². The van der Waals surface area contributed by atoms with Crippen molar-refractivity contribution in [1.29, 1.82) is 5.26 Å². The molecule has 0 spiro atoms. The lowest BCUT2D eigenvalue weighted by Crippen LogP contribution is -2.48. The number of hydrogen-bond donors (Lipinski definition) is 3. The summed E-state index contributed by atoms with van der Waals surface area (Å²) in [6.45, 7) is 11.6. The quantitative estimate of drug-likeness (QED) is 0.190. The fourth-order valence-electron chi connectivity index (χ4n) is 4.57. The van der Waals surface area contributed by atoms with Crippen LogP contribution >= 0.6 is 11.6 Å². The molecule has 10 nitrogen and oxygen atoms in total. The molecule has 0 bridgehead atoms. The highest BCUT2D eigenvalue weighted by Crippen LogP contribution is 2.32. The number of ether oxygens (including phenoxy) is 1. The van der Waals surface area contributed by atoms with E-state index in [0.29, 0.717) is 58.2 Å². The van der Waals surface area contributed by atoms with Crippen molar-refractivity contribution < 1.29 is 14.6 Å². The normalized spacial score (nSPS) is 11.6. The van der Waals surface area contributed by atoms with Crippen LogP contribution in [0.1, 0.15) is 63.0 Å². The molecule has 218 valence electrons. The summed E-state index contributed by atoms with van der Waals surface area (Å²) >= 11 is 6.19. The molecule has 0 unspecified atom stereocenters. The first-order valence-corrected chi connectivity index (χ1v) is 14.0. The van der Waals surface area contributed by atoms with E-state index in [4.69, 9.17) is 16.3 Å². The van der Waals surface area contributed by atoms with Gasteiger partial charge in [-0.15, -0.1) is 0 Å². The summed E-state index contributed by atoms with van der Waals surface area (Å²) < 4.78 is 7.40. The van der Waals surface area contributed by atoms with Crippen LogP contribution in [0.5, 0.6) is 5.75 Å². The third-order valence-corrected chi connectivity index (χ3v) is 7.24. The summed E-state index contributed by atoms with van der Waals surface area (Å²) in [6, 6.07) is 11.0. The predicted molar refractivity (Wildman–Crippen MR) is 162 cm³/mol. The van der Waals surface area contributed by atoms with E-state index in [-0.39, 0.29) is 18.2 Å². The average molecular weight is 588 g/mol. The number of nitrogens with one attached hydrogen (secondary N) is 2. The first-order chi connectivity index (χ1) is 20.0. The molecule has 1 amide bonds. The lowest BCUT2D eigenvalue weighted by atomic mass is 9.87. The van der Waals surface area contributed by atoms with Crippen LogP contribution in [0.2, 0.25) is 5.02 Å². The first kappa shape index (κ1) is 30.5. The Morgan fingerprint density at radius 3 is 2.60 bits per heavy atom. The van der Waals surface area contributed by atoms with E-state index in [1.807, 2.05) is 26.0 Å². The number of nitrogens with zero attached hydrogens (tertiary/aromatic N) is 5. The second-order valence-electron chi connectivity index (χ2n) is 10.8. The van der Waals surface area contributed by atoms with Gasteiger partial charge < -0.3 is 20.5 Å². The minimum Gasteiger partial charge on any atom is -0.489 e. The van der Waals surface area contributed by atoms with Crippen LogP contribution < -0.4 is 15.4 Å². The molecule has 4 heterocycles. The van der Waals surface area contributed by atoms with Gasteiger partial charge in [0.25, 0.3) is 5.91 Å². The minimum absolute atomic E-state index is 0.0832. The standard InChI is InChI=1S/C31H34ClN7O3/c1-6-31(7-2,38-29(40)27-25(32)9-8-12-34-27)14-20(3)37-26-11-10-21(16-35-26)24-13-23(42-19-30(4,5)41)18-39-28(24)22(15-33)17-36-39/h8-13,16-18,41H,3,6-7,14,19H2,1-2,4-5H3,(H,35,37)(H,38,40). The number of pyridine rings is 3. The lowest BCUT2D eigenvalue weighted by molar-refractivity contribution is 0.0283. The summed E-state index contributed by atoms with van der Waals surface area (Å²) in [5.74, 6) is 0.729. The van der Waals surface area contributed by atoms with E-state index in [9.17, 15) is 15.2 Å². The molecule has 0 radical (unpaired) electrons. The van der Waals surface area contributed by atoms with Crippen molar-refractivity contribution in [2.45, 2.75) is 58.1 Å². The van der Waals surface area contributed by atoms with Gasteiger partial charge in [0.2, 0.25) is 0 Å². The van der Waals surface area contributed by atoms with Gasteiger partial charge in [-0.05, 0) is 57.0 Å². The van der Waals surface area contributed by atoms with Crippen molar-refractivity contribution in [1.82, 2.24) is 24.9 Å². The Bertz CT molecular complexity index is 1630. The van der Waals surface area contributed by atoms with Gasteiger partial charge >= 0.3 is 0 Å². The Kier molecular flexibility index (Phi) is 9.14. The van der Waals surface area contributed by atoms with Gasteiger partial charge in [0.1, 0.15) is 29.9 Å². The van der Waals surface area contributed by atoms with E-state index >= 15 is 0 Å². The molecule has 42 heavy (non-hydrogen) atoms. The molecule has 0 aliphatic heterocycles. The molecule has 0 aliphatic rings. The molecular formula is C31H34ClN7O3. The smallest absolute Gasteiger partial charge is 0.271 e. The van der Waals surface area contributed by atoms with Gasteiger partial charge in [0.05, 0.1) is 34.1 Å². The average Bonchev–Trinajstić information content (AvgIpc) is 3.38. The number of aliphatic hydroxyl groups is 1. The Morgan fingerprint density at radius 1 is 1.21 bits per heavy atom. The Balaban J connectivity index is 1.53. The van der Waals surface area contributed by atoms with E-state index in [1.54, 1.807) is 49.0 Å². The zero-order valence-corrected chi connectivity index (χ0v) is 24.9. The molecule has 3 N–H and O–H groups in total. The SMILES string of the molecule is C=C(CC(CC)(CC)NC(=O)c1ncccc1Cl)Nc1ccc(-c2cc(OCC(C)(C)O)cn3ncc(C#N)c23)cn1. The zero-order valence-electron chi connectivity index (χ0n) is 24.1. The molecule has 4 aromatic rings. The molecule has 0 saturated carbocycles. The highest BCUT2D eigenvalue weighted by molar-refractivity contribution is 6.33. The molecule has 0 saturated heterocycles. The van der Waals surface area contributed by atoms with Crippen molar-refractivity contribution in [2.24, 2.45) is 0 Å². The lowest BCUT2D eigenvalue weighted by Gasteiger charge is -2.34. The number of carbonyl (C=O) groups is 1. The van der Waals surface area contributed by atoms with Crippen molar-refractivity contribution in [3.05, 3.63) is 83.7 Å². The molecule has 0 aliphatic carbocycles. The number of halogens is 1. The zero-order chi connectivity index (χ0) is 30.5. The molecule has 0 aromatic carbocycles. The highest BCUT2D eigenvalue weighted by Gasteiger charge is 2.30. The number of rotatable bonds is 12. The van der Waals surface area contributed by atoms with Gasteiger partial charge in [-0.3, -0.25) is 4.79 Å². The van der Waals surface area contributed by atoms with Crippen molar-refractivity contribution >= 4 is 28.8 Å². The summed E-state index contributed by atoms with van der Waals surface area (Å²) in [5, 5.41) is 30.7. The van der Waals surface area contributed by atoms with E-state index in [1.165, 1.54) is 12.4 Å². The minimum atomic E-state index is -1.02. The Hall–Kier alpha value is -4.46. The number of carbonyl (C=O) groups excluding carboxylic acids is 1. The molecular weight excluding hydrogens is 554 g/mol. The summed E-state index contributed by atoms with van der Waals surface area (Å²) in [7, 11) is 0. The van der Waals surface area contributed by atoms with E-state index in [0.717, 1.165) is 5.56 Å². The Labute approximate surface area is 250 Å². The number of aromatic nitrogens is 4. The molecule has 0 fully saturated rings. The molecule has 4 aromatic heterocycles. The first-order valence-electron chi connectivity index (χ1n) is 13.6. The van der Waals surface area contributed by atoms with Crippen molar-refractivity contribution in [3.8, 4) is 22.9 Å². The second-order valence-corrected chi connectivity index (χ2v) is 11.2. The van der Waals surface area contributed by atoms with E-state index < -0.39 is 11.1 Å². The van der Waals surface area contributed by atoms with Crippen LogP contribution in [0.3, 0.4) is 0 Å². The van der Waals surface area contributed by atoms with Crippen LogP contribution in [0.25, 0.3) is 16.6 Å². The Morgan fingerprint density at radius 2 is 1.98 bits per heavy atom. The van der Waals surface area contributed by atoms with Gasteiger partial charge in [-0.2, -0.15) is 10.4 Å². The van der Waals surface area contributed by atoms with Crippen LogP contribution in [0.4, 0.5) is 5.82 Å². The van der Waals surface area contributed by atoms with E-state index in [2.05, 4.69) is 38.3 Å². The highest BCUT2D eigenvalue weighted by atomic mass is 35.5. The number of hydrogen-bond acceptors (Lipinski definition) is 8. The largest absolute Gasteiger partial charge is 0.489 e. The number of amides is 1.